The molecule has 0 radical (unpaired) electrons. The lowest BCUT2D eigenvalue weighted by molar-refractivity contribution is 0.0899. The van der Waals surface area contributed by atoms with Crippen molar-refractivity contribution in [1.29, 1.82) is 0 Å². The van der Waals surface area contributed by atoms with Crippen LogP contribution in [0.4, 0.5) is 8.78 Å². The van der Waals surface area contributed by atoms with Gasteiger partial charge in [0.15, 0.2) is 17.3 Å². The molecule has 1 amide bonds. The zero-order chi connectivity index (χ0) is 32.1. The second kappa shape index (κ2) is 13.8. The molecule has 0 saturated heterocycles. The van der Waals surface area contributed by atoms with Crippen molar-refractivity contribution in [1.82, 2.24) is 14.9 Å². The molecule has 0 bridgehead atoms. The number of ether oxygens (including phenoxy) is 4. The lowest BCUT2D eigenvalue weighted by Crippen LogP contribution is -2.30. The third-order valence-corrected chi connectivity index (χ3v) is 9.16. The van der Waals surface area contributed by atoms with Crippen molar-refractivity contribution in [2.24, 2.45) is 0 Å². The second-order valence-electron chi connectivity index (χ2n) is 11.9. The lowest BCUT2D eigenvalue weighted by Gasteiger charge is -2.15. The summed E-state index contributed by atoms with van der Waals surface area (Å²) in [6.07, 6.45) is 2.37. The van der Waals surface area contributed by atoms with Crippen molar-refractivity contribution >= 4 is 30.7 Å². The summed E-state index contributed by atoms with van der Waals surface area (Å²) in [5.41, 5.74) is 2.65. The highest BCUT2D eigenvalue weighted by molar-refractivity contribution is 6.76. The number of para-hydroxylation sites is 1. The first-order valence-corrected chi connectivity index (χ1v) is 18.5. The van der Waals surface area contributed by atoms with E-state index in [-0.39, 0.29) is 36.9 Å². The molecule has 1 aliphatic rings. The minimum absolute atomic E-state index is 0.140. The van der Waals surface area contributed by atoms with Crippen LogP contribution in [0.5, 0.6) is 17.2 Å². The number of Topliss-reactive ketones (excluding diaryl/α,β-unsaturated/α-hetero) is 1. The van der Waals surface area contributed by atoms with Crippen molar-refractivity contribution in [2.45, 2.75) is 38.8 Å². The monoisotopic (exact) mass is 637 g/mol. The molecule has 9 nitrogen and oxygen atoms in total. The first-order chi connectivity index (χ1) is 21.6. The first kappa shape index (κ1) is 32.1. The van der Waals surface area contributed by atoms with Gasteiger partial charge in [-0.1, -0.05) is 31.8 Å². The number of hydrogen-bond donors (Lipinski definition) is 1. The highest BCUT2D eigenvalue weighted by atomic mass is 28.3. The molecule has 0 fully saturated rings. The minimum atomic E-state index is -1.30. The van der Waals surface area contributed by atoms with Crippen molar-refractivity contribution < 1.29 is 37.3 Å². The van der Waals surface area contributed by atoms with Crippen LogP contribution in [0.1, 0.15) is 26.4 Å². The van der Waals surface area contributed by atoms with Crippen LogP contribution in [0.3, 0.4) is 0 Å². The maximum atomic E-state index is 15.2. The third-order valence-electron chi connectivity index (χ3n) is 7.45. The van der Waals surface area contributed by atoms with Crippen molar-refractivity contribution in [3.8, 4) is 28.5 Å². The number of carbonyl (C=O) groups excluding carboxylic acids is 2. The van der Waals surface area contributed by atoms with Gasteiger partial charge in [0, 0.05) is 49.4 Å². The number of alkyl halides is 1. The van der Waals surface area contributed by atoms with Gasteiger partial charge in [0.1, 0.15) is 43.0 Å². The molecule has 3 heterocycles. The van der Waals surface area contributed by atoms with Crippen LogP contribution in [-0.2, 0) is 17.9 Å². The smallest absolute Gasteiger partial charge is 0.251 e. The summed E-state index contributed by atoms with van der Waals surface area (Å²) in [6.45, 7) is 6.88. The van der Waals surface area contributed by atoms with Gasteiger partial charge in [0.25, 0.3) is 5.91 Å². The molecular weight excluding hydrogens is 600 g/mol. The summed E-state index contributed by atoms with van der Waals surface area (Å²) in [6, 6.07) is 12.0. The third kappa shape index (κ3) is 7.34. The molecule has 5 rings (SSSR count). The molecule has 0 unspecified atom stereocenters. The number of fused-ring (bicyclic) bond motifs is 2. The molecule has 4 aromatic rings. The summed E-state index contributed by atoms with van der Waals surface area (Å²) in [5, 5.41) is 3.26. The number of rotatable bonds is 14. The van der Waals surface area contributed by atoms with Crippen LogP contribution in [0.25, 0.3) is 22.2 Å². The van der Waals surface area contributed by atoms with E-state index in [1.165, 1.54) is 31.4 Å². The van der Waals surface area contributed by atoms with Gasteiger partial charge in [-0.2, -0.15) is 0 Å². The van der Waals surface area contributed by atoms with Gasteiger partial charge >= 0.3 is 0 Å². The Bertz CT molecular complexity index is 1720. The molecule has 2 aromatic heterocycles. The van der Waals surface area contributed by atoms with Crippen molar-refractivity contribution in [3.05, 3.63) is 71.3 Å². The molecule has 0 spiro atoms. The Labute approximate surface area is 261 Å². The molecule has 45 heavy (non-hydrogen) atoms. The predicted molar refractivity (Wildman–Crippen MR) is 170 cm³/mol. The summed E-state index contributed by atoms with van der Waals surface area (Å²) >= 11 is 0. The van der Waals surface area contributed by atoms with E-state index in [9.17, 15) is 14.0 Å². The molecule has 0 saturated carbocycles. The average Bonchev–Trinajstić information content (AvgIpc) is 3.65. The van der Waals surface area contributed by atoms with Gasteiger partial charge in [-0.15, -0.1) is 0 Å². The van der Waals surface area contributed by atoms with Gasteiger partial charge in [-0.25, -0.2) is 13.8 Å². The summed E-state index contributed by atoms with van der Waals surface area (Å²) in [7, 11) is 0.117. The van der Waals surface area contributed by atoms with Crippen LogP contribution >= 0.6 is 0 Å². The molecule has 1 aliphatic heterocycles. The number of pyridine rings is 1. The summed E-state index contributed by atoms with van der Waals surface area (Å²) in [5.74, 6) is -0.169. The number of amides is 1. The fourth-order valence-electron chi connectivity index (χ4n) is 5.10. The maximum Gasteiger partial charge on any atom is 0.251 e. The highest BCUT2D eigenvalue weighted by Gasteiger charge is 2.26. The number of halogens is 2. The van der Waals surface area contributed by atoms with Gasteiger partial charge in [-0.3, -0.25) is 9.59 Å². The van der Waals surface area contributed by atoms with Crippen molar-refractivity contribution in [3.63, 3.8) is 0 Å². The van der Waals surface area contributed by atoms with E-state index in [0.717, 1.165) is 11.6 Å². The lowest BCUT2D eigenvalue weighted by atomic mass is 10.0. The first-order valence-electron chi connectivity index (χ1n) is 14.8. The highest BCUT2D eigenvalue weighted by Crippen LogP contribution is 2.40. The van der Waals surface area contributed by atoms with E-state index in [1.54, 1.807) is 22.9 Å². The second-order valence-corrected chi connectivity index (χ2v) is 17.6. The average molecular weight is 638 g/mol. The topological polar surface area (TPSA) is 101 Å². The van der Waals surface area contributed by atoms with Gasteiger partial charge in [0.05, 0.1) is 25.8 Å². The van der Waals surface area contributed by atoms with E-state index in [0.29, 0.717) is 53.3 Å². The molecule has 0 aliphatic carbocycles. The van der Waals surface area contributed by atoms with E-state index in [4.69, 9.17) is 23.9 Å². The zero-order valence-corrected chi connectivity index (χ0v) is 26.9. The van der Waals surface area contributed by atoms with Gasteiger partial charge in [0.2, 0.25) is 0 Å². The standard InChI is InChI=1S/C33H37F2N3O6Si/c1-41-29-17-22(8-9-28(29)43-13-11-34)33(40)36-18-27(39)26-16-21-10-12-44-32(21)30(37-26)24-19-38(20-42-14-15-45(2,3)4)31-23(24)6-5-7-25(31)35/h5-9,16-17,19H,10-15,18,20H2,1-4H3,(H,36,40). The summed E-state index contributed by atoms with van der Waals surface area (Å²) < 4.78 is 51.8. The molecule has 0 atom stereocenters. The number of methoxy groups -OCH3 is 1. The number of aromatic nitrogens is 2. The largest absolute Gasteiger partial charge is 0.493 e. The maximum absolute atomic E-state index is 15.2. The van der Waals surface area contributed by atoms with Gasteiger partial charge < -0.3 is 28.8 Å². The van der Waals surface area contributed by atoms with Gasteiger partial charge in [-0.05, 0) is 36.4 Å². The van der Waals surface area contributed by atoms with Crippen molar-refractivity contribution in [2.75, 3.05) is 40.1 Å². The molecule has 238 valence electrons. The Balaban J connectivity index is 1.39. The number of nitrogens with zero attached hydrogens (tertiary/aromatic N) is 2. The van der Waals surface area contributed by atoms with Crippen LogP contribution in [0.15, 0.2) is 48.7 Å². The number of benzene rings is 2. The Morgan fingerprint density at radius 2 is 1.93 bits per heavy atom. The Hall–Kier alpha value is -4.29. The van der Waals surface area contributed by atoms with E-state index < -0.39 is 32.3 Å². The number of ketones is 1. The van der Waals surface area contributed by atoms with Crippen LogP contribution in [0, 0.1) is 5.82 Å². The Morgan fingerprint density at radius 3 is 2.69 bits per heavy atom. The zero-order valence-electron chi connectivity index (χ0n) is 25.9. The SMILES string of the molecule is COc1cc(C(=O)NCC(=O)c2cc3c(c(-c4cn(COCC[Si](C)(C)C)c5c(F)cccc45)n2)OCC3)ccc1OCCF. The van der Waals surface area contributed by atoms with E-state index in [2.05, 4.69) is 25.0 Å². The fourth-order valence-corrected chi connectivity index (χ4v) is 5.85. The predicted octanol–water partition coefficient (Wildman–Crippen LogP) is 6.06. The van der Waals surface area contributed by atoms with E-state index >= 15 is 4.39 Å². The minimum Gasteiger partial charge on any atom is -0.493 e. The number of carbonyl (C=O) groups is 2. The van der Waals surface area contributed by atoms with Crippen LogP contribution in [0.2, 0.25) is 25.7 Å². The van der Waals surface area contributed by atoms with Crippen LogP contribution < -0.4 is 19.5 Å². The molecule has 1 N–H and O–H groups in total. The number of nitrogens with one attached hydrogen (secondary N) is 1. The van der Waals surface area contributed by atoms with Crippen LogP contribution in [-0.4, -0.2) is 69.5 Å². The quantitative estimate of drug-likeness (QED) is 0.102. The Morgan fingerprint density at radius 1 is 1.11 bits per heavy atom. The Kier molecular flexibility index (Phi) is 9.83. The molecular formula is C33H37F2N3O6Si. The van der Waals surface area contributed by atoms with E-state index in [1.807, 2.05) is 6.07 Å². The molecule has 2 aromatic carbocycles. The molecule has 12 heteroatoms. The number of hydrogen-bond acceptors (Lipinski definition) is 7. The normalized spacial score (nSPS) is 12.6. The fraction of sp³-hybridized carbons (Fsp3) is 0.364. The summed E-state index contributed by atoms with van der Waals surface area (Å²) in [4.78, 5) is 30.9.